The number of aromatic nitrogens is 4. The Hall–Kier alpha value is -2.49. The quantitative estimate of drug-likeness (QED) is 0.598. The number of imidazole rings is 1. The maximum absolute atomic E-state index is 13.3. The first-order valence-electron chi connectivity index (χ1n) is 9.57. The first-order chi connectivity index (χ1) is 14.3. The number of anilines is 1. The molecule has 0 radical (unpaired) electrons. The van der Waals surface area contributed by atoms with Crippen LogP contribution in [0.1, 0.15) is 24.6 Å². The van der Waals surface area contributed by atoms with Crippen LogP contribution in [0.3, 0.4) is 0 Å². The summed E-state index contributed by atoms with van der Waals surface area (Å²) < 4.78 is 29.8. The van der Waals surface area contributed by atoms with Gasteiger partial charge >= 0.3 is 0 Å². The Bertz CT molecular complexity index is 1160. The first kappa shape index (κ1) is 20.8. The summed E-state index contributed by atoms with van der Waals surface area (Å²) in [6.07, 6.45) is 6.20. The second-order valence-corrected chi connectivity index (χ2v) is 9.80. The highest BCUT2D eigenvalue weighted by atomic mass is 35.5. The Balaban J connectivity index is 1.83. The van der Waals surface area contributed by atoms with Crippen molar-refractivity contribution in [1.29, 1.82) is 0 Å². The highest BCUT2D eigenvalue weighted by Gasteiger charge is 2.39. The van der Waals surface area contributed by atoms with E-state index in [0.29, 0.717) is 29.6 Å². The molecule has 1 saturated heterocycles. The lowest BCUT2D eigenvalue weighted by Crippen LogP contribution is -2.32. The number of sulfonamides is 1. The van der Waals surface area contributed by atoms with Crippen LogP contribution in [0.4, 0.5) is 5.95 Å². The molecule has 0 amide bonds. The van der Waals surface area contributed by atoms with E-state index in [-0.39, 0.29) is 5.03 Å². The molecular formula is C20H23ClN6O2S. The van der Waals surface area contributed by atoms with Crippen molar-refractivity contribution in [3.8, 4) is 11.1 Å². The molecule has 1 atom stereocenters. The van der Waals surface area contributed by atoms with Crippen molar-refractivity contribution in [2.75, 3.05) is 25.5 Å². The van der Waals surface area contributed by atoms with Gasteiger partial charge in [-0.2, -0.15) is 4.31 Å². The molecule has 2 aromatic heterocycles. The van der Waals surface area contributed by atoms with Crippen LogP contribution >= 0.6 is 11.6 Å². The summed E-state index contributed by atoms with van der Waals surface area (Å²) in [6, 6.07) is 7.00. The zero-order valence-electron chi connectivity index (χ0n) is 17.0. The summed E-state index contributed by atoms with van der Waals surface area (Å²) in [5, 5.41) is 0.679. The van der Waals surface area contributed by atoms with E-state index < -0.39 is 16.1 Å². The molecule has 1 fully saturated rings. The maximum atomic E-state index is 13.3. The minimum atomic E-state index is -3.75. The molecule has 1 aliphatic rings. The molecule has 1 aliphatic heterocycles. The van der Waals surface area contributed by atoms with E-state index in [9.17, 15) is 8.42 Å². The van der Waals surface area contributed by atoms with Gasteiger partial charge in [-0.3, -0.25) is 0 Å². The summed E-state index contributed by atoms with van der Waals surface area (Å²) in [5.41, 5.74) is 2.38. The highest BCUT2D eigenvalue weighted by molar-refractivity contribution is 7.89. The Morgan fingerprint density at radius 2 is 1.90 bits per heavy atom. The van der Waals surface area contributed by atoms with Gasteiger partial charge in [0.25, 0.3) is 10.0 Å². The van der Waals surface area contributed by atoms with E-state index in [1.807, 2.05) is 31.1 Å². The van der Waals surface area contributed by atoms with Gasteiger partial charge in [0.15, 0.2) is 5.03 Å². The maximum Gasteiger partial charge on any atom is 0.262 e. The van der Waals surface area contributed by atoms with E-state index >= 15 is 0 Å². The third-order valence-electron chi connectivity index (χ3n) is 5.13. The number of hydrogen-bond donors (Lipinski definition) is 0. The molecular weight excluding hydrogens is 424 g/mol. The molecule has 158 valence electrons. The lowest BCUT2D eigenvalue weighted by atomic mass is 10.0. The average Bonchev–Trinajstić information content (AvgIpc) is 3.38. The van der Waals surface area contributed by atoms with Crippen LogP contribution in [0.2, 0.25) is 5.02 Å². The molecule has 1 aromatic carbocycles. The number of hydrogen-bond acceptors (Lipinski definition) is 6. The van der Waals surface area contributed by atoms with Gasteiger partial charge in [0.1, 0.15) is 0 Å². The van der Waals surface area contributed by atoms with Crippen molar-refractivity contribution in [2.24, 2.45) is 7.05 Å². The van der Waals surface area contributed by atoms with Crippen molar-refractivity contribution < 1.29 is 8.42 Å². The molecule has 0 bridgehead atoms. The van der Waals surface area contributed by atoms with Crippen LogP contribution in [-0.4, -0.2) is 52.9 Å². The van der Waals surface area contributed by atoms with E-state index in [4.69, 9.17) is 16.6 Å². The van der Waals surface area contributed by atoms with Crippen molar-refractivity contribution in [2.45, 2.75) is 23.9 Å². The van der Waals surface area contributed by atoms with Crippen molar-refractivity contribution in [3.63, 3.8) is 0 Å². The van der Waals surface area contributed by atoms with Crippen LogP contribution < -0.4 is 4.90 Å². The Morgan fingerprint density at radius 1 is 1.17 bits per heavy atom. The van der Waals surface area contributed by atoms with E-state index in [1.165, 1.54) is 16.8 Å². The van der Waals surface area contributed by atoms with Crippen molar-refractivity contribution in [3.05, 3.63) is 53.7 Å². The van der Waals surface area contributed by atoms with E-state index in [2.05, 4.69) is 9.97 Å². The van der Waals surface area contributed by atoms with Gasteiger partial charge < -0.3 is 9.47 Å². The second kappa shape index (κ2) is 7.98. The van der Waals surface area contributed by atoms with Gasteiger partial charge in [0.2, 0.25) is 5.95 Å². The number of rotatable bonds is 5. The smallest absolute Gasteiger partial charge is 0.262 e. The van der Waals surface area contributed by atoms with Gasteiger partial charge in [-0.15, -0.1) is 0 Å². The van der Waals surface area contributed by atoms with Crippen molar-refractivity contribution >= 4 is 27.6 Å². The van der Waals surface area contributed by atoms with E-state index in [0.717, 1.165) is 17.5 Å². The summed E-state index contributed by atoms with van der Waals surface area (Å²) in [4.78, 5) is 15.1. The summed E-state index contributed by atoms with van der Waals surface area (Å²) >= 11 is 6.05. The molecule has 3 aromatic rings. The Labute approximate surface area is 181 Å². The first-order valence-corrected chi connectivity index (χ1v) is 11.4. The molecule has 10 heteroatoms. The number of aryl methyl sites for hydroxylation is 1. The standard InChI is InChI=1S/C20H23ClN6O2S/c1-25(2)20-22-11-16(14-6-8-15(21)9-7-14)19(24-20)17-5-4-10-27(17)30(28,29)18-12-26(3)13-23-18/h6-9,11-13,17H,4-5,10H2,1-3H3/t17-/m1/s1. The molecule has 30 heavy (non-hydrogen) atoms. The molecule has 0 N–H and O–H groups in total. The van der Waals surface area contributed by atoms with Gasteiger partial charge in [-0.05, 0) is 30.5 Å². The number of nitrogens with zero attached hydrogens (tertiary/aromatic N) is 6. The summed E-state index contributed by atoms with van der Waals surface area (Å²) in [5.74, 6) is 0.532. The monoisotopic (exact) mass is 446 g/mol. The SMILES string of the molecule is CN(C)c1ncc(-c2ccc(Cl)cc2)c([C@H]2CCCN2S(=O)(=O)c2cn(C)cn2)n1. The fourth-order valence-electron chi connectivity index (χ4n) is 3.65. The predicted molar refractivity (Wildman–Crippen MR) is 116 cm³/mol. The molecule has 0 unspecified atom stereocenters. The normalized spacial score (nSPS) is 17.4. The van der Waals surface area contributed by atoms with Gasteiger partial charge in [-0.1, -0.05) is 23.7 Å². The Kier molecular flexibility index (Phi) is 5.52. The predicted octanol–water partition coefficient (Wildman–Crippen LogP) is 3.12. The van der Waals surface area contributed by atoms with Gasteiger partial charge in [-0.25, -0.2) is 23.4 Å². The largest absolute Gasteiger partial charge is 0.347 e. The average molecular weight is 447 g/mol. The molecule has 0 saturated carbocycles. The molecule has 3 heterocycles. The molecule has 0 spiro atoms. The number of benzene rings is 1. The van der Waals surface area contributed by atoms with E-state index in [1.54, 1.807) is 29.9 Å². The zero-order valence-corrected chi connectivity index (χ0v) is 18.6. The lowest BCUT2D eigenvalue weighted by molar-refractivity contribution is 0.389. The molecule has 0 aliphatic carbocycles. The fraction of sp³-hybridized carbons (Fsp3) is 0.350. The third kappa shape index (κ3) is 3.80. The molecule has 4 rings (SSSR count). The lowest BCUT2D eigenvalue weighted by Gasteiger charge is -2.25. The zero-order chi connectivity index (χ0) is 21.5. The Morgan fingerprint density at radius 3 is 2.53 bits per heavy atom. The van der Waals surface area contributed by atoms with Crippen LogP contribution in [0.25, 0.3) is 11.1 Å². The minimum absolute atomic E-state index is 0.0480. The minimum Gasteiger partial charge on any atom is -0.347 e. The van der Waals surface area contributed by atoms with Crippen LogP contribution in [0, 0.1) is 0 Å². The van der Waals surface area contributed by atoms with Gasteiger partial charge in [0.05, 0.1) is 18.1 Å². The summed E-state index contributed by atoms with van der Waals surface area (Å²) in [6.45, 7) is 0.422. The fourth-order valence-corrected chi connectivity index (χ4v) is 5.41. The van der Waals surface area contributed by atoms with Crippen LogP contribution in [-0.2, 0) is 17.1 Å². The van der Waals surface area contributed by atoms with Crippen molar-refractivity contribution in [1.82, 2.24) is 23.8 Å². The summed E-state index contributed by atoms with van der Waals surface area (Å²) in [7, 11) is 1.72. The second-order valence-electron chi connectivity index (χ2n) is 7.52. The van der Waals surface area contributed by atoms with Crippen LogP contribution in [0.5, 0.6) is 0 Å². The molecule has 8 nitrogen and oxygen atoms in total. The highest BCUT2D eigenvalue weighted by Crippen LogP contribution is 2.40. The third-order valence-corrected chi connectivity index (χ3v) is 7.18. The topological polar surface area (TPSA) is 84.2 Å². The van der Waals surface area contributed by atoms with Crippen LogP contribution in [0.15, 0.2) is 48.0 Å². The van der Waals surface area contributed by atoms with Gasteiger partial charge in [0, 0.05) is 50.7 Å². The number of halogens is 1.